The lowest BCUT2D eigenvalue weighted by Gasteiger charge is -2.14. The highest BCUT2D eigenvalue weighted by molar-refractivity contribution is 7.92. The summed E-state index contributed by atoms with van der Waals surface area (Å²) >= 11 is 0. The first-order valence-corrected chi connectivity index (χ1v) is 8.38. The highest BCUT2D eigenvalue weighted by Gasteiger charge is 2.28. The number of fused-ring (bicyclic) bond motifs is 1. The van der Waals surface area contributed by atoms with Crippen molar-refractivity contribution in [1.29, 1.82) is 0 Å². The van der Waals surface area contributed by atoms with Crippen LogP contribution in [0.2, 0.25) is 0 Å². The average Bonchev–Trinajstić information content (AvgIpc) is 3.16. The second-order valence-corrected chi connectivity index (χ2v) is 7.03. The van der Waals surface area contributed by atoms with E-state index in [1.54, 1.807) is 12.1 Å². The van der Waals surface area contributed by atoms with Crippen molar-refractivity contribution in [3.63, 3.8) is 0 Å². The van der Waals surface area contributed by atoms with Gasteiger partial charge in [0.15, 0.2) is 11.5 Å². The predicted octanol–water partition coefficient (Wildman–Crippen LogP) is 1.58. The third-order valence-electron chi connectivity index (χ3n) is 3.34. The summed E-state index contributed by atoms with van der Waals surface area (Å²) < 4.78 is 37.6. The van der Waals surface area contributed by atoms with E-state index in [-0.39, 0.29) is 11.7 Å². The molecule has 2 aliphatic rings. The van der Waals surface area contributed by atoms with Crippen molar-refractivity contribution in [2.24, 2.45) is 5.92 Å². The molecule has 0 unspecified atom stereocenters. The second kappa shape index (κ2) is 5.05. The van der Waals surface area contributed by atoms with Crippen LogP contribution in [0.3, 0.4) is 0 Å². The zero-order valence-corrected chi connectivity index (χ0v) is 11.9. The molecule has 3 rings (SSSR count). The molecule has 0 aromatic heterocycles. The zero-order valence-electron chi connectivity index (χ0n) is 11.1. The molecule has 7 heteroatoms. The largest absolute Gasteiger partial charge is 0.489 e. The lowest BCUT2D eigenvalue weighted by Crippen LogP contribution is -2.18. The third kappa shape index (κ3) is 3.09. The Morgan fingerprint density at radius 3 is 2.50 bits per heavy atom. The van der Waals surface area contributed by atoms with Gasteiger partial charge in [-0.3, -0.25) is 4.72 Å². The molecule has 20 heavy (non-hydrogen) atoms. The molecule has 0 saturated heterocycles. The molecular weight excluding hydrogens is 280 g/mol. The Labute approximate surface area is 118 Å². The molecule has 1 fully saturated rings. The quantitative estimate of drug-likeness (QED) is 0.824. The Hall–Kier alpha value is -1.63. The fourth-order valence-electron chi connectivity index (χ4n) is 2.12. The number of nitrogens with one attached hydrogen (secondary N) is 1. The molecule has 0 atom stereocenters. The van der Waals surface area contributed by atoms with Gasteiger partial charge >= 0.3 is 0 Å². The summed E-state index contributed by atoms with van der Waals surface area (Å²) in [5, 5.41) is 0. The average molecular weight is 298 g/mol. The van der Waals surface area contributed by atoms with Crippen LogP contribution in [0, 0.1) is 5.92 Å². The van der Waals surface area contributed by atoms with Gasteiger partial charge in [0, 0.05) is 18.6 Å². The van der Waals surface area contributed by atoms with Crippen LogP contribution in [0.15, 0.2) is 12.1 Å². The van der Waals surface area contributed by atoms with Crippen LogP contribution < -0.4 is 19.9 Å². The van der Waals surface area contributed by atoms with E-state index < -0.39 is 10.0 Å². The summed E-state index contributed by atoms with van der Waals surface area (Å²) in [4.78, 5) is 0. The monoisotopic (exact) mass is 298 g/mol. The first-order chi connectivity index (χ1) is 9.53. The van der Waals surface area contributed by atoms with Crippen LogP contribution in [0.25, 0.3) is 0 Å². The van der Waals surface area contributed by atoms with Crippen LogP contribution >= 0.6 is 0 Å². The molecule has 1 aliphatic carbocycles. The van der Waals surface area contributed by atoms with E-state index in [0.717, 1.165) is 19.3 Å². The standard InChI is InChI=1S/C13H18N2O4S/c14-10-6-12-13(19-5-1-4-18-12)7-11(10)15-20(16,17)8-9-2-3-9/h6-7,9,15H,1-5,8,14H2. The van der Waals surface area contributed by atoms with E-state index in [9.17, 15) is 8.42 Å². The van der Waals surface area contributed by atoms with E-state index >= 15 is 0 Å². The molecule has 0 amide bonds. The minimum Gasteiger partial charge on any atom is -0.489 e. The Kier molecular flexibility index (Phi) is 3.37. The molecule has 110 valence electrons. The molecular formula is C13H18N2O4S. The normalized spacial score (nSPS) is 18.4. The van der Waals surface area contributed by atoms with Crippen LogP contribution in [0.1, 0.15) is 19.3 Å². The maximum absolute atomic E-state index is 12.0. The van der Waals surface area contributed by atoms with Crippen molar-refractivity contribution in [3.8, 4) is 11.5 Å². The molecule has 1 saturated carbocycles. The third-order valence-corrected chi connectivity index (χ3v) is 4.78. The highest BCUT2D eigenvalue weighted by atomic mass is 32.2. The summed E-state index contributed by atoms with van der Waals surface area (Å²) in [6.45, 7) is 1.12. The maximum Gasteiger partial charge on any atom is 0.233 e. The summed E-state index contributed by atoms with van der Waals surface area (Å²) in [5.74, 6) is 1.53. The molecule has 1 heterocycles. The fraction of sp³-hybridized carbons (Fsp3) is 0.538. The van der Waals surface area contributed by atoms with Crippen molar-refractivity contribution in [2.45, 2.75) is 19.3 Å². The molecule has 0 radical (unpaired) electrons. The lowest BCUT2D eigenvalue weighted by atomic mass is 10.2. The van der Waals surface area contributed by atoms with E-state index in [0.29, 0.717) is 36.1 Å². The minimum absolute atomic E-state index is 0.154. The van der Waals surface area contributed by atoms with Gasteiger partial charge in [-0.1, -0.05) is 0 Å². The molecule has 3 N–H and O–H groups in total. The molecule has 0 spiro atoms. The first kappa shape index (κ1) is 13.4. The van der Waals surface area contributed by atoms with Crippen molar-refractivity contribution in [2.75, 3.05) is 29.4 Å². The maximum atomic E-state index is 12.0. The number of rotatable bonds is 4. The minimum atomic E-state index is -3.36. The molecule has 0 bridgehead atoms. The predicted molar refractivity (Wildman–Crippen MR) is 76.6 cm³/mol. The number of anilines is 2. The molecule has 1 aromatic carbocycles. The Bertz CT molecular complexity index is 611. The summed E-state index contributed by atoms with van der Waals surface area (Å²) in [6.07, 6.45) is 2.76. The van der Waals surface area contributed by atoms with Gasteiger partial charge in [0.25, 0.3) is 0 Å². The number of benzene rings is 1. The number of hydrogen-bond donors (Lipinski definition) is 2. The van der Waals surface area contributed by atoms with E-state index in [4.69, 9.17) is 15.2 Å². The van der Waals surface area contributed by atoms with Gasteiger partial charge < -0.3 is 15.2 Å². The van der Waals surface area contributed by atoms with Crippen molar-refractivity contribution in [1.82, 2.24) is 0 Å². The van der Waals surface area contributed by atoms with Crippen LogP contribution in [0.5, 0.6) is 11.5 Å². The van der Waals surface area contributed by atoms with Gasteiger partial charge in [-0.05, 0) is 18.8 Å². The van der Waals surface area contributed by atoms with Crippen molar-refractivity contribution >= 4 is 21.4 Å². The SMILES string of the molecule is Nc1cc2c(cc1NS(=O)(=O)CC1CC1)OCCCO2. The molecule has 1 aromatic rings. The Morgan fingerprint density at radius 2 is 1.85 bits per heavy atom. The van der Waals surface area contributed by atoms with E-state index in [1.165, 1.54) is 0 Å². The summed E-state index contributed by atoms with van der Waals surface area (Å²) in [6, 6.07) is 3.20. The number of hydrogen-bond acceptors (Lipinski definition) is 5. The van der Waals surface area contributed by atoms with Crippen molar-refractivity contribution < 1.29 is 17.9 Å². The lowest BCUT2D eigenvalue weighted by molar-refractivity contribution is 0.297. The van der Waals surface area contributed by atoms with E-state index in [1.807, 2.05) is 0 Å². The number of sulfonamides is 1. The second-order valence-electron chi connectivity index (χ2n) is 5.26. The van der Waals surface area contributed by atoms with E-state index in [2.05, 4.69) is 4.72 Å². The van der Waals surface area contributed by atoms with Gasteiger partial charge in [-0.15, -0.1) is 0 Å². The van der Waals surface area contributed by atoms with Gasteiger partial charge in [0.2, 0.25) is 10.0 Å². The van der Waals surface area contributed by atoms with Gasteiger partial charge in [0.1, 0.15) is 0 Å². The fourth-order valence-corrected chi connectivity index (χ4v) is 3.67. The summed E-state index contributed by atoms with van der Waals surface area (Å²) in [5.41, 5.74) is 6.58. The smallest absolute Gasteiger partial charge is 0.233 e. The number of ether oxygens (including phenoxy) is 2. The van der Waals surface area contributed by atoms with Crippen molar-refractivity contribution in [3.05, 3.63) is 12.1 Å². The van der Waals surface area contributed by atoms with Gasteiger partial charge in [-0.2, -0.15) is 0 Å². The highest BCUT2D eigenvalue weighted by Crippen LogP contribution is 2.37. The number of nitrogen functional groups attached to an aromatic ring is 1. The van der Waals surface area contributed by atoms with Crippen LogP contribution in [-0.4, -0.2) is 27.4 Å². The van der Waals surface area contributed by atoms with Gasteiger partial charge in [0.05, 0.1) is 30.3 Å². The van der Waals surface area contributed by atoms with Crippen LogP contribution in [0.4, 0.5) is 11.4 Å². The zero-order chi connectivity index (χ0) is 14.2. The Morgan fingerprint density at radius 1 is 1.20 bits per heavy atom. The molecule has 6 nitrogen and oxygen atoms in total. The topological polar surface area (TPSA) is 90.7 Å². The first-order valence-electron chi connectivity index (χ1n) is 6.73. The molecule has 1 aliphatic heterocycles. The van der Waals surface area contributed by atoms with Gasteiger partial charge in [-0.25, -0.2) is 8.42 Å². The van der Waals surface area contributed by atoms with Crippen LogP contribution in [-0.2, 0) is 10.0 Å². The summed E-state index contributed by atoms with van der Waals surface area (Å²) in [7, 11) is -3.36. The number of nitrogens with two attached hydrogens (primary N) is 1. The Balaban J connectivity index is 1.83.